The fourth-order valence-electron chi connectivity index (χ4n) is 4.04. The minimum atomic E-state index is 0.0432. The molecule has 0 saturated carbocycles. The Kier molecular flexibility index (Phi) is 3.16. The van der Waals surface area contributed by atoms with E-state index in [1.165, 1.54) is 24.2 Å². The van der Waals surface area contributed by atoms with Crippen LogP contribution in [0.3, 0.4) is 0 Å². The number of halogens is 1. The Labute approximate surface area is 135 Å². The van der Waals surface area contributed by atoms with Crippen molar-refractivity contribution in [3.05, 3.63) is 57.5 Å². The largest absolute Gasteiger partial charge is 0.373 e. The molecule has 0 amide bonds. The molecule has 0 radical (unpaired) electrons. The molecule has 22 heavy (non-hydrogen) atoms. The highest BCUT2D eigenvalue weighted by Crippen LogP contribution is 2.47. The fraction of sp³-hybridized carbons (Fsp3) is 0.389. The van der Waals surface area contributed by atoms with Crippen molar-refractivity contribution >= 4 is 11.6 Å². The first-order valence-electron chi connectivity index (χ1n) is 7.81. The summed E-state index contributed by atoms with van der Waals surface area (Å²) in [6.45, 7) is 4.23. The third kappa shape index (κ3) is 1.94. The fourth-order valence-corrected chi connectivity index (χ4v) is 4.17. The van der Waals surface area contributed by atoms with E-state index < -0.39 is 0 Å². The zero-order chi connectivity index (χ0) is 15.3. The second-order valence-corrected chi connectivity index (χ2v) is 6.76. The molecular formula is C18H18ClN3. The second kappa shape index (κ2) is 5.07. The summed E-state index contributed by atoms with van der Waals surface area (Å²) in [6, 6.07) is 10.4. The van der Waals surface area contributed by atoms with Gasteiger partial charge in [0.25, 0.3) is 0 Å². The number of hydrogen-bond donors (Lipinski definition) is 1. The number of nitrogens with zero attached hydrogens (tertiary/aromatic N) is 2. The van der Waals surface area contributed by atoms with Crippen LogP contribution in [0.15, 0.2) is 46.9 Å². The summed E-state index contributed by atoms with van der Waals surface area (Å²) in [5.41, 5.74) is 5.63. The molecule has 0 unspecified atom stereocenters. The van der Waals surface area contributed by atoms with Crippen LogP contribution in [0, 0.1) is 17.2 Å². The molecule has 1 aromatic carbocycles. The molecule has 4 aliphatic rings. The Bertz CT molecular complexity index is 716. The molecule has 0 aliphatic carbocycles. The lowest BCUT2D eigenvalue weighted by Crippen LogP contribution is -2.47. The van der Waals surface area contributed by atoms with Gasteiger partial charge in [-0.25, -0.2) is 0 Å². The van der Waals surface area contributed by atoms with Crippen molar-refractivity contribution in [3.63, 3.8) is 0 Å². The van der Waals surface area contributed by atoms with Crippen LogP contribution in [0.1, 0.15) is 31.2 Å². The highest BCUT2D eigenvalue weighted by atomic mass is 35.5. The van der Waals surface area contributed by atoms with Crippen LogP contribution in [0.2, 0.25) is 5.02 Å². The molecule has 0 spiro atoms. The molecule has 4 heterocycles. The van der Waals surface area contributed by atoms with Crippen LogP contribution in [-0.4, -0.2) is 18.0 Å². The van der Waals surface area contributed by atoms with Crippen molar-refractivity contribution in [2.24, 2.45) is 5.92 Å². The van der Waals surface area contributed by atoms with E-state index in [9.17, 15) is 5.26 Å². The van der Waals surface area contributed by atoms with Gasteiger partial charge in [0.15, 0.2) is 0 Å². The molecule has 2 bridgehead atoms. The lowest BCUT2D eigenvalue weighted by molar-refractivity contribution is 0.187. The number of rotatable bonds is 1. The predicted molar refractivity (Wildman–Crippen MR) is 87.0 cm³/mol. The summed E-state index contributed by atoms with van der Waals surface area (Å²) in [7, 11) is 0. The first-order valence-corrected chi connectivity index (χ1v) is 8.19. The average molecular weight is 312 g/mol. The number of hydrogen-bond acceptors (Lipinski definition) is 3. The van der Waals surface area contributed by atoms with Crippen LogP contribution in [-0.2, 0) is 0 Å². The summed E-state index contributed by atoms with van der Waals surface area (Å²) >= 11 is 6.04. The first kappa shape index (κ1) is 13.7. The van der Waals surface area contributed by atoms with Crippen LogP contribution in [0.5, 0.6) is 0 Å². The minimum absolute atomic E-state index is 0.0432. The van der Waals surface area contributed by atoms with Crippen LogP contribution < -0.4 is 5.32 Å². The number of allylic oxidation sites excluding steroid dienone is 3. The topological polar surface area (TPSA) is 39.1 Å². The molecule has 4 aliphatic heterocycles. The Balaban J connectivity index is 1.88. The summed E-state index contributed by atoms with van der Waals surface area (Å²) in [5, 5.41) is 14.0. The van der Waals surface area contributed by atoms with Crippen molar-refractivity contribution in [2.45, 2.75) is 25.7 Å². The van der Waals surface area contributed by atoms with Gasteiger partial charge in [-0.15, -0.1) is 0 Å². The summed E-state index contributed by atoms with van der Waals surface area (Å²) in [5.74, 6) is 0.659. The highest BCUT2D eigenvalue weighted by Gasteiger charge is 2.41. The number of piperidine rings is 1. The van der Waals surface area contributed by atoms with E-state index >= 15 is 0 Å². The number of nitriles is 1. The number of benzene rings is 1. The Morgan fingerprint density at radius 1 is 1.23 bits per heavy atom. The van der Waals surface area contributed by atoms with Gasteiger partial charge in [0.2, 0.25) is 0 Å². The number of nitrogens with one attached hydrogen (secondary N) is 1. The first-order chi connectivity index (χ1) is 10.7. The molecule has 1 aromatic rings. The SMILES string of the molecule is CC1=C(C#N)[C@@H](c2ccc(Cl)cc2)C2=C(N1)C1CCN2CC1. The molecule has 1 fully saturated rings. The van der Waals surface area contributed by atoms with Gasteiger partial charge < -0.3 is 10.2 Å². The Hall–Kier alpha value is -1.92. The Morgan fingerprint density at radius 3 is 2.55 bits per heavy atom. The molecule has 3 nitrogen and oxygen atoms in total. The van der Waals surface area contributed by atoms with Crippen molar-refractivity contribution in [2.75, 3.05) is 13.1 Å². The van der Waals surface area contributed by atoms with Crippen LogP contribution in [0.25, 0.3) is 0 Å². The Morgan fingerprint density at radius 2 is 1.91 bits per heavy atom. The van der Waals surface area contributed by atoms with E-state index in [4.69, 9.17) is 11.6 Å². The average Bonchev–Trinajstić information content (AvgIpc) is 2.55. The van der Waals surface area contributed by atoms with Gasteiger partial charge in [-0.05, 0) is 37.5 Å². The molecule has 112 valence electrons. The van der Waals surface area contributed by atoms with Crippen LogP contribution >= 0.6 is 11.6 Å². The normalized spacial score (nSPS) is 24.2. The van der Waals surface area contributed by atoms with Crippen molar-refractivity contribution in [1.29, 1.82) is 5.26 Å². The molecule has 1 saturated heterocycles. The van der Waals surface area contributed by atoms with Crippen molar-refractivity contribution < 1.29 is 0 Å². The van der Waals surface area contributed by atoms with Gasteiger partial charge in [-0.2, -0.15) is 5.26 Å². The summed E-state index contributed by atoms with van der Waals surface area (Å²) < 4.78 is 0. The maximum absolute atomic E-state index is 9.69. The van der Waals surface area contributed by atoms with E-state index in [2.05, 4.69) is 28.4 Å². The molecular weight excluding hydrogens is 294 g/mol. The van der Waals surface area contributed by atoms with E-state index in [1.54, 1.807) is 0 Å². The highest BCUT2D eigenvalue weighted by molar-refractivity contribution is 6.30. The molecule has 1 atom stereocenters. The monoisotopic (exact) mass is 311 g/mol. The van der Waals surface area contributed by atoms with Gasteiger partial charge in [0.1, 0.15) is 0 Å². The standard InChI is InChI=1S/C18H18ClN3/c1-11-15(10-20)16(12-2-4-14(19)5-3-12)18-17(21-11)13-6-8-22(18)9-7-13/h2-5,13,16,21H,6-9H2,1H3/t16-/m1/s1. The third-order valence-corrected chi connectivity index (χ3v) is 5.38. The maximum Gasteiger partial charge on any atom is 0.0976 e. The van der Waals surface area contributed by atoms with Crippen molar-refractivity contribution in [1.82, 2.24) is 10.2 Å². The van der Waals surface area contributed by atoms with E-state index in [-0.39, 0.29) is 5.92 Å². The lowest BCUT2D eigenvalue weighted by Gasteiger charge is -2.48. The quantitative estimate of drug-likeness (QED) is 0.858. The summed E-state index contributed by atoms with van der Waals surface area (Å²) in [6.07, 6.45) is 2.43. The number of dihydropyridines is 1. The number of fused-ring (bicyclic) bond motifs is 2. The van der Waals surface area contributed by atoms with Crippen molar-refractivity contribution in [3.8, 4) is 6.07 Å². The molecule has 5 rings (SSSR count). The molecule has 1 N–H and O–H groups in total. The third-order valence-electron chi connectivity index (χ3n) is 5.13. The minimum Gasteiger partial charge on any atom is -0.373 e. The van der Waals surface area contributed by atoms with Gasteiger partial charge >= 0.3 is 0 Å². The maximum atomic E-state index is 9.69. The molecule has 4 heteroatoms. The predicted octanol–water partition coefficient (Wildman–Crippen LogP) is 3.76. The van der Waals surface area contributed by atoms with E-state index in [1.807, 2.05) is 19.1 Å². The zero-order valence-corrected chi connectivity index (χ0v) is 13.3. The second-order valence-electron chi connectivity index (χ2n) is 6.32. The van der Waals surface area contributed by atoms with Crippen LogP contribution in [0.4, 0.5) is 0 Å². The molecule has 0 aromatic heterocycles. The lowest BCUT2D eigenvalue weighted by atomic mass is 9.76. The van der Waals surface area contributed by atoms with E-state index in [0.717, 1.165) is 34.9 Å². The van der Waals surface area contributed by atoms with Gasteiger partial charge in [0, 0.05) is 41.1 Å². The van der Waals surface area contributed by atoms with Gasteiger partial charge in [-0.3, -0.25) is 0 Å². The smallest absolute Gasteiger partial charge is 0.0976 e. The van der Waals surface area contributed by atoms with E-state index in [0.29, 0.717) is 5.92 Å². The van der Waals surface area contributed by atoms with Gasteiger partial charge in [0.05, 0.1) is 17.6 Å². The summed E-state index contributed by atoms with van der Waals surface area (Å²) in [4.78, 5) is 2.46. The van der Waals surface area contributed by atoms with Gasteiger partial charge in [-0.1, -0.05) is 23.7 Å². The zero-order valence-electron chi connectivity index (χ0n) is 12.6.